The maximum Gasteiger partial charge on any atom is 0.283 e. The summed E-state index contributed by atoms with van der Waals surface area (Å²) < 4.78 is 2.39. The second-order valence-electron chi connectivity index (χ2n) is 5.75. The summed E-state index contributed by atoms with van der Waals surface area (Å²) in [5.41, 5.74) is 0.766. The van der Waals surface area contributed by atoms with Crippen LogP contribution in [0.3, 0.4) is 0 Å². The van der Waals surface area contributed by atoms with Gasteiger partial charge >= 0.3 is 0 Å². The summed E-state index contributed by atoms with van der Waals surface area (Å²) in [5, 5.41) is 7.70. The Morgan fingerprint density at radius 2 is 2.14 bits per heavy atom. The fraction of sp³-hybridized carbons (Fsp3) is 0.733. The van der Waals surface area contributed by atoms with Crippen molar-refractivity contribution in [1.82, 2.24) is 9.78 Å². The van der Waals surface area contributed by atoms with Gasteiger partial charge < -0.3 is 5.32 Å². The Labute approximate surface area is 139 Å². The van der Waals surface area contributed by atoms with Crippen LogP contribution in [0.1, 0.15) is 39.5 Å². The summed E-state index contributed by atoms with van der Waals surface area (Å²) in [4.78, 5) is 12.3. The van der Waals surface area contributed by atoms with Crippen LogP contribution in [0, 0.1) is 5.92 Å². The molecule has 1 saturated carbocycles. The summed E-state index contributed by atoms with van der Waals surface area (Å²) in [6.45, 7) is 6.01. The van der Waals surface area contributed by atoms with Crippen LogP contribution in [-0.2, 0) is 6.54 Å². The standard InChI is InChI=1S/C15H24BrN3OS/c1-4-15(5-2,21-3)10-17-12-8-18-19(9-11-6-7-11)14(20)13(12)16/h8,11,17H,4-7,9-10H2,1-3H3. The topological polar surface area (TPSA) is 46.9 Å². The Kier molecular flexibility index (Phi) is 5.77. The second-order valence-corrected chi connectivity index (χ2v) is 7.82. The molecule has 0 amide bonds. The summed E-state index contributed by atoms with van der Waals surface area (Å²) in [7, 11) is 0. The third kappa shape index (κ3) is 4.03. The van der Waals surface area contributed by atoms with Crippen molar-refractivity contribution in [1.29, 1.82) is 0 Å². The van der Waals surface area contributed by atoms with E-state index in [9.17, 15) is 4.79 Å². The monoisotopic (exact) mass is 373 g/mol. The molecule has 6 heteroatoms. The van der Waals surface area contributed by atoms with Crippen molar-refractivity contribution in [3.63, 3.8) is 0 Å². The van der Waals surface area contributed by atoms with E-state index in [0.717, 1.165) is 31.6 Å². The lowest BCUT2D eigenvalue weighted by atomic mass is 10.0. The number of halogens is 1. The van der Waals surface area contributed by atoms with Crippen LogP contribution in [0.4, 0.5) is 5.69 Å². The van der Waals surface area contributed by atoms with Crippen molar-refractivity contribution < 1.29 is 0 Å². The van der Waals surface area contributed by atoms with Crippen molar-refractivity contribution in [3.8, 4) is 0 Å². The minimum Gasteiger partial charge on any atom is -0.381 e. The lowest BCUT2D eigenvalue weighted by Gasteiger charge is -2.30. The number of hydrogen-bond acceptors (Lipinski definition) is 4. The third-order valence-corrected chi connectivity index (χ3v) is 6.79. The highest BCUT2D eigenvalue weighted by atomic mass is 79.9. The van der Waals surface area contributed by atoms with Gasteiger partial charge in [-0.25, -0.2) is 4.68 Å². The van der Waals surface area contributed by atoms with Crippen LogP contribution in [0.15, 0.2) is 15.5 Å². The second kappa shape index (κ2) is 7.18. The smallest absolute Gasteiger partial charge is 0.283 e. The Morgan fingerprint density at radius 1 is 1.48 bits per heavy atom. The van der Waals surface area contributed by atoms with Gasteiger partial charge in [0, 0.05) is 17.8 Å². The van der Waals surface area contributed by atoms with E-state index in [2.05, 4.69) is 46.4 Å². The zero-order valence-electron chi connectivity index (χ0n) is 13.0. The van der Waals surface area contributed by atoms with Gasteiger partial charge in [-0.3, -0.25) is 4.79 Å². The Hall–Kier alpha value is -0.490. The first-order valence-electron chi connectivity index (χ1n) is 7.60. The van der Waals surface area contributed by atoms with E-state index < -0.39 is 0 Å². The molecule has 118 valence electrons. The molecule has 4 nitrogen and oxygen atoms in total. The normalized spacial score (nSPS) is 15.2. The van der Waals surface area contributed by atoms with E-state index >= 15 is 0 Å². The first kappa shape index (κ1) is 16.9. The molecule has 1 N–H and O–H groups in total. The third-order valence-electron chi connectivity index (χ3n) is 4.44. The molecule has 0 aromatic carbocycles. The predicted octanol–water partition coefficient (Wildman–Crippen LogP) is 3.75. The number of hydrogen-bond donors (Lipinski definition) is 1. The molecule has 2 rings (SSSR count). The summed E-state index contributed by atoms with van der Waals surface area (Å²) in [5.74, 6) is 0.644. The van der Waals surface area contributed by atoms with Crippen LogP contribution in [0.2, 0.25) is 0 Å². The van der Waals surface area contributed by atoms with Gasteiger partial charge in [-0.15, -0.1) is 0 Å². The first-order chi connectivity index (χ1) is 10.0. The van der Waals surface area contributed by atoms with Crippen LogP contribution >= 0.6 is 27.7 Å². The van der Waals surface area contributed by atoms with Gasteiger partial charge in [-0.2, -0.15) is 16.9 Å². The van der Waals surface area contributed by atoms with Crippen molar-refractivity contribution in [2.45, 2.75) is 50.8 Å². The van der Waals surface area contributed by atoms with E-state index in [1.807, 2.05) is 11.8 Å². The average Bonchev–Trinajstić information content (AvgIpc) is 3.32. The molecule has 0 aliphatic heterocycles. The number of aromatic nitrogens is 2. The van der Waals surface area contributed by atoms with Gasteiger partial charge in [0.2, 0.25) is 0 Å². The van der Waals surface area contributed by atoms with Gasteiger partial charge in [0.15, 0.2) is 0 Å². The molecule has 0 bridgehead atoms. The van der Waals surface area contributed by atoms with Crippen molar-refractivity contribution in [3.05, 3.63) is 21.0 Å². The van der Waals surface area contributed by atoms with Crippen molar-refractivity contribution >= 4 is 33.4 Å². The molecule has 1 aromatic rings. The molecule has 0 saturated heterocycles. The quantitative estimate of drug-likeness (QED) is 0.753. The maximum atomic E-state index is 12.3. The van der Waals surface area contributed by atoms with Gasteiger partial charge in [-0.05, 0) is 53.8 Å². The van der Waals surface area contributed by atoms with Crippen LogP contribution in [-0.4, -0.2) is 27.3 Å². The highest BCUT2D eigenvalue weighted by Gasteiger charge is 2.26. The molecule has 1 fully saturated rings. The van der Waals surface area contributed by atoms with E-state index in [-0.39, 0.29) is 10.3 Å². The van der Waals surface area contributed by atoms with Crippen molar-refractivity contribution in [2.75, 3.05) is 18.1 Å². The number of thioether (sulfide) groups is 1. The minimum atomic E-state index is -0.0327. The lowest BCUT2D eigenvalue weighted by Crippen LogP contribution is -2.33. The fourth-order valence-corrected chi connectivity index (χ4v) is 3.62. The van der Waals surface area contributed by atoms with Gasteiger partial charge in [0.05, 0.1) is 11.9 Å². The summed E-state index contributed by atoms with van der Waals surface area (Å²) in [6.07, 6.45) is 8.55. The zero-order valence-corrected chi connectivity index (χ0v) is 15.4. The lowest BCUT2D eigenvalue weighted by molar-refractivity contribution is 0.530. The SMILES string of the molecule is CCC(CC)(CNc1cnn(CC2CC2)c(=O)c1Br)SC. The molecule has 0 atom stereocenters. The summed E-state index contributed by atoms with van der Waals surface area (Å²) >= 11 is 5.32. The molecule has 0 radical (unpaired) electrons. The Bertz CT molecular complexity index is 530. The zero-order chi connectivity index (χ0) is 15.5. The molecular formula is C15H24BrN3OS. The number of nitrogens with zero attached hydrogens (tertiary/aromatic N) is 2. The van der Waals surface area contributed by atoms with E-state index in [1.165, 1.54) is 12.8 Å². The van der Waals surface area contributed by atoms with E-state index in [0.29, 0.717) is 10.4 Å². The van der Waals surface area contributed by atoms with Gasteiger partial charge in [0.1, 0.15) is 4.47 Å². The molecule has 1 aromatic heterocycles. The van der Waals surface area contributed by atoms with Gasteiger partial charge in [0.25, 0.3) is 5.56 Å². The molecule has 0 spiro atoms. The summed E-state index contributed by atoms with van der Waals surface area (Å²) in [6, 6.07) is 0. The average molecular weight is 374 g/mol. The Morgan fingerprint density at radius 3 is 2.67 bits per heavy atom. The predicted molar refractivity (Wildman–Crippen MR) is 94.2 cm³/mol. The molecule has 1 heterocycles. The maximum absolute atomic E-state index is 12.3. The molecule has 1 aliphatic rings. The highest BCUT2D eigenvalue weighted by molar-refractivity contribution is 9.10. The van der Waals surface area contributed by atoms with Crippen LogP contribution in [0.5, 0.6) is 0 Å². The van der Waals surface area contributed by atoms with Crippen LogP contribution in [0.25, 0.3) is 0 Å². The largest absolute Gasteiger partial charge is 0.381 e. The van der Waals surface area contributed by atoms with Crippen LogP contribution < -0.4 is 10.9 Å². The highest BCUT2D eigenvalue weighted by Crippen LogP contribution is 2.32. The van der Waals surface area contributed by atoms with E-state index in [4.69, 9.17) is 0 Å². The first-order valence-corrected chi connectivity index (χ1v) is 9.61. The number of nitrogens with one attached hydrogen (secondary N) is 1. The molecule has 1 aliphatic carbocycles. The van der Waals surface area contributed by atoms with E-state index in [1.54, 1.807) is 10.9 Å². The molecular weight excluding hydrogens is 350 g/mol. The molecule has 21 heavy (non-hydrogen) atoms. The molecule has 0 unspecified atom stereocenters. The number of rotatable bonds is 8. The Balaban J connectivity index is 2.10. The van der Waals surface area contributed by atoms with Gasteiger partial charge in [-0.1, -0.05) is 13.8 Å². The number of anilines is 1. The fourth-order valence-electron chi connectivity index (χ4n) is 2.38. The minimum absolute atomic E-state index is 0.0327. The van der Waals surface area contributed by atoms with Crippen molar-refractivity contribution in [2.24, 2.45) is 5.92 Å².